The van der Waals surface area contributed by atoms with Gasteiger partial charge >= 0.3 is 0 Å². The van der Waals surface area contributed by atoms with E-state index in [1.54, 1.807) is 16.7 Å². The molecule has 0 bridgehead atoms. The van der Waals surface area contributed by atoms with Gasteiger partial charge < -0.3 is 19.5 Å². The van der Waals surface area contributed by atoms with Crippen LogP contribution in [0.3, 0.4) is 0 Å². The zero-order chi connectivity index (χ0) is 16.5. The third-order valence-corrected chi connectivity index (χ3v) is 4.14. The molecule has 0 amide bonds. The van der Waals surface area contributed by atoms with Crippen LogP contribution in [0.15, 0.2) is 34.2 Å². The minimum Gasteiger partial charge on any atom is -0.381 e. The Balaban J connectivity index is 1.65. The molecular weight excluding hydrogens is 292 g/mol. The normalized spacial score (nSPS) is 18.2. The van der Waals surface area contributed by atoms with Crippen molar-refractivity contribution >= 4 is 5.96 Å². The molecule has 1 aliphatic rings. The quantitative estimate of drug-likeness (QED) is 0.465. The van der Waals surface area contributed by atoms with Gasteiger partial charge in [-0.3, -0.25) is 9.79 Å². The molecule has 6 heteroatoms. The number of hydrogen-bond acceptors (Lipinski definition) is 3. The first-order valence-electron chi connectivity index (χ1n) is 8.35. The number of unbranched alkanes of at least 4 members (excludes halogenated alkanes) is 1. The molecule has 0 spiro atoms. The van der Waals surface area contributed by atoms with Crippen LogP contribution in [0.1, 0.15) is 19.3 Å². The van der Waals surface area contributed by atoms with Crippen LogP contribution < -0.4 is 10.9 Å². The Hall–Kier alpha value is -1.82. The zero-order valence-electron chi connectivity index (χ0n) is 14.2. The first kappa shape index (κ1) is 17.5. The van der Waals surface area contributed by atoms with Crippen LogP contribution in [0, 0.1) is 5.92 Å². The fraction of sp³-hybridized carbons (Fsp3) is 0.647. The van der Waals surface area contributed by atoms with Crippen molar-refractivity contribution in [1.82, 2.24) is 14.8 Å². The zero-order valence-corrected chi connectivity index (χ0v) is 14.2. The molecule has 2 rings (SSSR count). The molecule has 1 unspecified atom stereocenters. The fourth-order valence-corrected chi connectivity index (χ4v) is 2.84. The Bertz CT molecular complexity index is 550. The van der Waals surface area contributed by atoms with Gasteiger partial charge in [-0.1, -0.05) is 6.07 Å². The van der Waals surface area contributed by atoms with Gasteiger partial charge in [0, 0.05) is 58.5 Å². The number of hydrogen-bond donors (Lipinski definition) is 1. The van der Waals surface area contributed by atoms with Gasteiger partial charge in [0.25, 0.3) is 0 Å². The van der Waals surface area contributed by atoms with E-state index in [0.29, 0.717) is 5.92 Å². The summed E-state index contributed by atoms with van der Waals surface area (Å²) in [4.78, 5) is 18.1. The summed E-state index contributed by atoms with van der Waals surface area (Å²) in [6.07, 6.45) is 4.94. The molecule has 0 aromatic carbocycles. The molecule has 0 saturated carbocycles. The molecule has 0 aliphatic carbocycles. The van der Waals surface area contributed by atoms with Crippen molar-refractivity contribution in [3.8, 4) is 0 Å². The minimum atomic E-state index is 0.0646. The van der Waals surface area contributed by atoms with Gasteiger partial charge in [0.15, 0.2) is 5.96 Å². The third kappa shape index (κ3) is 5.71. The van der Waals surface area contributed by atoms with Crippen molar-refractivity contribution in [3.05, 3.63) is 34.7 Å². The lowest BCUT2D eigenvalue weighted by Crippen LogP contribution is -2.41. The van der Waals surface area contributed by atoms with Crippen molar-refractivity contribution in [2.75, 3.05) is 40.4 Å². The van der Waals surface area contributed by atoms with E-state index in [9.17, 15) is 4.79 Å². The standard InChI is InChI=1S/C17H28N4O2/c1-18-17(20(2)13-15-8-12-23-14-15)19-9-4-6-11-21-10-5-3-7-16(21)22/h3,5,7,10,15H,4,6,8-9,11-14H2,1-2H3,(H,18,19). The molecule has 1 N–H and O–H groups in total. The minimum absolute atomic E-state index is 0.0646. The SMILES string of the molecule is CN=C(NCCCCn1ccccc1=O)N(C)CC1CCOC1. The largest absolute Gasteiger partial charge is 0.381 e. The Morgan fingerprint density at radius 2 is 2.35 bits per heavy atom. The molecule has 1 aliphatic heterocycles. The van der Waals surface area contributed by atoms with E-state index in [4.69, 9.17) is 4.74 Å². The Labute approximate surface area is 138 Å². The van der Waals surface area contributed by atoms with Gasteiger partial charge in [0.05, 0.1) is 6.61 Å². The second-order valence-corrected chi connectivity index (χ2v) is 6.02. The van der Waals surface area contributed by atoms with Gasteiger partial charge in [-0.15, -0.1) is 0 Å². The van der Waals surface area contributed by atoms with E-state index < -0.39 is 0 Å². The molecule has 23 heavy (non-hydrogen) atoms. The molecule has 128 valence electrons. The second kappa shape index (κ2) is 9.35. The lowest BCUT2D eigenvalue weighted by Gasteiger charge is -2.24. The number of guanidine groups is 1. The van der Waals surface area contributed by atoms with E-state index in [1.165, 1.54) is 0 Å². The van der Waals surface area contributed by atoms with Crippen molar-refractivity contribution in [2.45, 2.75) is 25.8 Å². The molecule has 6 nitrogen and oxygen atoms in total. The number of aliphatic imine (C=N–C) groups is 1. The van der Waals surface area contributed by atoms with Crippen LogP contribution in [-0.2, 0) is 11.3 Å². The van der Waals surface area contributed by atoms with Crippen LogP contribution in [0.2, 0.25) is 0 Å². The first-order chi connectivity index (χ1) is 11.2. The highest BCUT2D eigenvalue weighted by Gasteiger charge is 2.18. The molecule has 1 aromatic rings. The predicted molar refractivity (Wildman–Crippen MR) is 92.9 cm³/mol. The van der Waals surface area contributed by atoms with Crippen molar-refractivity contribution in [2.24, 2.45) is 10.9 Å². The van der Waals surface area contributed by atoms with Crippen LogP contribution in [0.4, 0.5) is 0 Å². The summed E-state index contributed by atoms with van der Waals surface area (Å²) in [7, 11) is 3.88. The highest BCUT2D eigenvalue weighted by Crippen LogP contribution is 2.13. The lowest BCUT2D eigenvalue weighted by molar-refractivity contribution is 0.181. The predicted octanol–water partition coefficient (Wildman–Crippen LogP) is 1.17. The van der Waals surface area contributed by atoms with Gasteiger partial charge in [-0.2, -0.15) is 0 Å². The van der Waals surface area contributed by atoms with Crippen LogP contribution in [0.5, 0.6) is 0 Å². The summed E-state index contributed by atoms with van der Waals surface area (Å²) >= 11 is 0. The van der Waals surface area contributed by atoms with Crippen molar-refractivity contribution in [3.63, 3.8) is 0 Å². The number of aryl methyl sites for hydroxylation is 1. The monoisotopic (exact) mass is 320 g/mol. The highest BCUT2D eigenvalue weighted by molar-refractivity contribution is 5.79. The smallest absolute Gasteiger partial charge is 0.250 e. The van der Waals surface area contributed by atoms with E-state index in [-0.39, 0.29) is 5.56 Å². The molecular formula is C17H28N4O2. The Morgan fingerprint density at radius 3 is 3.04 bits per heavy atom. The van der Waals surface area contributed by atoms with Crippen LogP contribution in [-0.4, -0.2) is 55.8 Å². The molecule has 1 fully saturated rings. The average molecular weight is 320 g/mol. The van der Waals surface area contributed by atoms with E-state index >= 15 is 0 Å². The van der Waals surface area contributed by atoms with Crippen LogP contribution in [0.25, 0.3) is 0 Å². The number of ether oxygens (including phenoxy) is 1. The summed E-state index contributed by atoms with van der Waals surface area (Å²) < 4.78 is 7.17. The van der Waals surface area contributed by atoms with Crippen molar-refractivity contribution in [1.29, 1.82) is 0 Å². The van der Waals surface area contributed by atoms with Gasteiger partial charge in [0.1, 0.15) is 0 Å². The maximum atomic E-state index is 11.6. The molecule has 1 aromatic heterocycles. The van der Waals surface area contributed by atoms with Crippen molar-refractivity contribution < 1.29 is 4.74 Å². The molecule has 0 radical (unpaired) electrons. The highest BCUT2D eigenvalue weighted by atomic mass is 16.5. The maximum absolute atomic E-state index is 11.6. The van der Waals surface area contributed by atoms with Gasteiger partial charge in [0.2, 0.25) is 5.56 Å². The van der Waals surface area contributed by atoms with E-state index in [1.807, 2.05) is 19.3 Å². The fourth-order valence-electron chi connectivity index (χ4n) is 2.84. The van der Waals surface area contributed by atoms with Gasteiger partial charge in [-0.25, -0.2) is 0 Å². The number of pyridine rings is 1. The maximum Gasteiger partial charge on any atom is 0.250 e. The van der Waals surface area contributed by atoms with E-state index in [0.717, 1.165) is 58.1 Å². The first-order valence-corrected chi connectivity index (χ1v) is 8.35. The van der Waals surface area contributed by atoms with Gasteiger partial charge in [-0.05, 0) is 25.3 Å². The molecule has 1 atom stereocenters. The van der Waals surface area contributed by atoms with Crippen LogP contribution >= 0.6 is 0 Å². The number of aromatic nitrogens is 1. The summed E-state index contributed by atoms with van der Waals surface area (Å²) in [5, 5.41) is 3.39. The Kier molecular flexibility index (Phi) is 7.13. The topological polar surface area (TPSA) is 58.9 Å². The summed E-state index contributed by atoms with van der Waals surface area (Å²) in [6, 6.07) is 5.26. The summed E-state index contributed by atoms with van der Waals surface area (Å²) in [5.74, 6) is 1.53. The molecule has 1 saturated heterocycles. The Morgan fingerprint density at radius 1 is 1.48 bits per heavy atom. The summed E-state index contributed by atoms with van der Waals surface area (Å²) in [5.41, 5.74) is 0.0646. The second-order valence-electron chi connectivity index (χ2n) is 6.02. The number of nitrogens with zero attached hydrogens (tertiary/aromatic N) is 3. The average Bonchev–Trinajstić information content (AvgIpc) is 3.05. The third-order valence-electron chi connectivity index (χ3n) is 4.14. The lowest BCUT2D eigenvalue weighted by atomic mass is 10.1. The summed E-state index contributed by atoms with van der Waals surface area (Å²) in [6.45, 7) is 4.32. The molecule has 2 heterocycles. The number of nitrogens with one attached hydrogen (secondary N) is 1. The van der Waals surface area contributed by atoms with E-state index in [2.05, 4.69) is 22.3 Å². The number of rotatable bonds is 7.